The third-order valence-electron chi connectivity index (χ3n) is 4.17. The van der Waals surface area contributed by atoms with Gasteiger partial charge in [-0.2, -0.15) is 0 Å². The van der Waals surface area contributed by atoms with Crippen molar-refractivity contribution in [2.24, 2.45) is 23.6 Å². The molecule has 0 radical (unpaired) electrons. The standard InChI is InChI=1S/C15H22BrClN2/c1-9-5-10(2)7-12(6-9)15(19-18)11-3-4-13(16)14(17)8-11/h3-4,8-10,12,15,19H,5-7,18H2,1-2H3. The van der Waals surface area contributed by atoms with Gasteiger partial charge in [0, 0.05) is 10.5 Å². The molecule has 0 aromatic heterocycles. The molecule has 0 heterocycles. The van der Waals surface area contributed by atoms with Crippen molar-refractivity contribution in [2.75, 3.05) is 0 Å². The summed E-state index contributed by atoms with van der Waals surface area (Å²) in [4.78, 5) is 0. The molecule has 0 bridgehead atoms. The second kappa shape index (κ2) is 6.57. The Morgan fingerprint density at radius 2 is 1.89 bits per heavy atom. The predicted molar refractivity (Wildman–Crippen MR) is 84.9 cm³/mol. The maximum Gasteiger partial charge on any atom is 0.0551 e. The molecule has 1 aliphatic rings. The van der Waals surface area contributed by atoms with Crippen molar-refractivity contribution in [3.63, 3.8) is 0 Å². The topological polar surface area (TPSA) is 38.0 Å². The molecule has 2 nitrogen and oxygen atoms in total. The van der Waals surface area contributed by atoms with Gasteiger partial charge in [-0.05, 0) is 70.6 Å². The number of hydrazine groups is 1. The van der Waals surface area contributed by atoms with Crippen molar-refractivity contribution in [1.29, 1.82) is 0 Å². The molecule has 2 rings (SSSR count). The van der Waals surface area contributed by atoms with Crippen LogP contribution in [0.1, 0.15) is 44.7 Å². The average molecular weight is 346 g/mol. The molecule has 0 amide bonds. The third kappa shape index (κ3) is 3.72. The summed E-state index contributed by atoms with van der Waals surface area (Å²) in [6.07, 6.45) is 3.79. The highest BCUT2D eigenvalue weighted by molar-refractivity contribution is 9.10. The Balaban J connectivity index is 2.21. The van der Waals surface area contributed by atoms with E-state index in [2.05, 4.69) is 41.3 Å². The minimum absolute atomic E-state index is 0.191. The van der Waals surface area contributed by atoms with Gasteiger partial charge >= 0.3 is 0 Å². The summed E-state index contributed by atoms with van der Waals surface area (Å²) in [6, 6.07) is 6.30. The van der Waals surface area contributed by atoms with Crippen LogP contribution in [0.2, 0.25) is 5.02 Å². The Kier molecular flexibility index (Phi) is 5.29. The number of hydrogen-bond acceptors (Lipinski definition) is 2. The van der Waals surface area contributed by atoms with E-state index in [1.165, 1.54) is 24.8 Å². The van der Waals surface area contributed by atoms with Gasteiger partial charge in [-0.3, -0.25) is 11.3 Å². The minimum atomic E-state index is 0.191. The molecule has 3 unspecified atom stereocenters. The lowest BCUT2D eigenvalue weighted by molar-refractivity contribution is 0.177. The molecule has 1 aliphatic carbocycles. The molecule has 1 saturated carbocycles. The number of nitrogens with two attached hydrogens (primary N) is 1. The van der Waals surface area contributed by atoms with Gasteiger partial charge < -0.3 is 0 Å². The molecule has 4 heteroatoms. The largest absolute Gasteiger partial charge is 0.271 e. The fourth-order valence-electron chi connectivity index (χ4n) is 3.49. The van der Waals surface area contributed by atoms with E-state index >= 15 is 0 Å². The summed E-state index contributed by atoms with van der Waals surface area (Å²) < 4.78 is 0.930. The summed E-state index contributed by atoms with van der Waals surface area (Å²) in [5.74, 6) is 7.94. The first-order valence-electron chi connectivity index (χ1n) is 6.92. The zero-order valence-corrected chi connectivity index (χ0v) is 13.8. The molecule has 0 saturated heterocycles. The van der Waals surface area contributed by atoms with Crippen molar-refractivity contribution in [3.05, 3.63) is 33.3 Å². The second-order valence-electron chi connectivity index (χ2n) is 6.00. The minimum Gasteiger partial charge on any atom is -0.271 e. The highest BCUT2D eigenvalue weighted by atomic mass is 79.9. The van der Waals surface area contributed by atoms with E-state index in [1.807, 2.05) is 12.1 Å². The van der Waals surface area contributed by atoms with Gasteiger partial charge in [0.2, 0.25) is 0 Å². The van der Waals surface area contributed by atoms with E-state index in [-0.39, 0.29) is 6.04 Å². The zero-order chi connectivity index (χ0) is 14.0. The third-order valence-corrected chi connectivity index (χ3v) is 5.40. The average Bonchev–Trinajstić information content (AvgIpc) is 2.33. The van der Waals surface area contributed by atoms with Crippen molar-refractivity contribution in [1.82, 2.24) is 5.43 Å². The Morgan fingerprint density at radius 3 is 2.42 bits per heavy atom. The normalized spacial score (nSPS) is 29.2. The summed E-state index contributed by atoms with van der Waals surface area (Å²) in [5, 5.41) is 0.745. The molecule has 1 aromatic carbocycles. The maximum absolute atomic E-state index is 6.20. The molecule has 0 aliphatic heterocycles. The Morgan fingerprint density at radius 1 is 1.26 bits per heavy atom. The SMILES string of the molecule is CC1CC(C)CC(C(NN)c2ccc(Br)c(Cl)c2)C1. The Hall–Kier alpha value is -0.0900. The fraction of sp³-hybridized carbons (Fsp3) is 0.600. The Bertz CT molecular complexity index is 428. The zero-order valence-electron chi connectivity index (χ0n) is 11.5. The number of hydrogen-bond donors (Lipinski definition) is 2. The molecular formula is C15H22BrClN2. The lowest BCUT2D eigenvalue weighted by Gasteiger charge is -2.36. The van der Waals surface area contributed by atoms with Crippen LogP contribution in [0, 0.1) is 17.8 Å². The van der Waals surface area contributed by atoms with E-state index in [0.29, 0.717) is 5.92 Å². The molecule has 0 spiro atoms. The van der Waals surface area contributed by atoms with Gasteiger partial charge in [-0.15, -0.1) is 0 Å². The van der Waals surface area contributed by atoms with Crippen LogP contribution < -0.4 is 11.3 Å². The monoisotopic (exact) mass is 344 g/mol. The van der Waals surface area contributed by atoms with Gasteiger partial charge in [-0.1, -0.05) is 31.5 Å². The van der Waals surface area contributed by atoms with Gasteiger partial charge in [0.1, 0.15) is 0 Å². The first-order chi connectivity index (χ1) is 9.01. The molecular weight excluding hydrogens is 324 g/mol. The quantitative estimate of drug-likeness (QED) is 0.616. The number of nitrogens with one attached hydrogen (secondary N) is 1. The molecule has 1 fully saturated rings. The van der Waals surface area contributed by atoms with Crippen LogP contribution in [0.15, 0.2) is 22.7 Å². The van der Waals surface area contributed by atoms with E-state index in [9.17, 15) is 0 Å². The molecule has 3 atom stereocenters. The first-order valence-corrected chi connectivity index (χ1v) is 8.09. The van der Waals surface area contributed by atoms with Crippen LogP contribution in [0.25, 0.3) is 0 Å². The summed E-state index contributed by atoms with van der Waals surface area (Å²) in [6.45, 7) is 4.68. The second-order valence-corrected chi connectivity index (χ2v) is 7.26. The number of halogens is 2. The lowest BCUT2D eigenvalue weighted by atomic mass is 9.72. The number of benzene rings is 1. The van der Waals surface area contributed by atoms with Crippen LogP contribution in [0.5, 0.6) is 0 Å². The summed E-state index contributed by atoms with van der Waals surface area (Å²) >= 11 is 9.63. The Labute approximate surface area is 129 Å². The van der Waals surface area contributed by atoms with Crippen LogP contribution >= 0.6 is 27.5 Å². The maximum atomic E-state index is 6.20. The highest BCUT2D eigenvalue weighted by Gasteiger charge is 2.30. The van der Waals surface area contributed by atoms with Gasteiger partial charge in [0.05, 0.1) is 5.02 Å². The van der Waals surface area contributed by atoms with Crippen molar-refractivity contribution in [2.45, 2.75) is 39.2 Å². The molecule has 19 heavy (non-hydrogen) atoms. The first kappa shape index (κ1) is 15.3. The van der Waals surface area contributed by atoms with E-state index in [1.54, 1.807) is 0 Å². The van der Waals surface area contributed by atoms with Crippen molar-refractivity contribution in [3.8, 4) is 0 Å². The molecule has 1 aromatic rings. The fourth-order valence-corrected chi connectivity index (χ4v) is 3.93. The van der Waals surface area contributed by atoms with Gasteiger partial charge in [0.15, 0.2) is 0 Å². The highest BCUT2D eigenvalue weighted by Crippen LogP contribution is 2.40. The lowest BCUT2D eigenvalue weighted by Crippen LogP contribution is -2.37. The summed E-state index contributed by atoms with van der Waals surface area (Å²) in [7, 11) is 0. The number of rotatable bonds is 3. The van der Waals surface area contributed by atoms with Gasteiger partial charge in [0.25, 0.3) is 0 Å². The predicted octanol–water partition coefficient (Wildman–Crippen LogP) is 4.68. The summed E-state index contributed by atoms with van der Waals surface area (Å²) in [5.41, 5.74) is 4.18. The van der Waals surface area contributed by atoms with Gasteiger partial charge in [-0.25, -0.2) is 0 Å². The van der Waals surface area contributed by atoms with Crippen LogP contribution in [0.3, 0.4) is 0 Å². The smallest absolute Gasteiger partial charge is 0.0551 e. The van der Waals surface area contributed by atoms with E-state index in [4.69, 9.17) is 17.4 Å². The van der Waals surface area contributed by atoms with E-state index in [0.717, 1.165) is 21.3 Å². The van der Waals surface area contributed by atoms with E-state index < -0.39 is 0 Å². The van der Waals surface area contributed by atoms with Crippen LogP contribution in [-0.2, 0) is 0 Å². The van der Waals surface area contributed by atoms with Crippen LogP contribution in [-0.4, -0.2) is 0 Å². The van der Waals surface area contributed by atoms with Crippen LogP contribution in [0.4, 0.5) is 0 Å². The van der Waals surface area contributed by atoms with Crippen molar-refractivity contribution >= 4 is 27.5 Å². The van der Waals surface area contributed by atoms with Crippen molar-refractivity contribution < 1.29 is 0 Å². The molecule has 106 valence electrons. The molecule has 3 N–H and O–H groups in total.